The molecule has 0 aliphatic heterocycles. The van der Waals surface area contributed by atoms with E-state index < -0.39 is 0 Å². The fourth-order valence-electron chi connectivity index (χ4n) is 2.78. The number of ether oxygens (including phenoxy) is 1. The zero-order valence-corrected chi connectivity index (χ0v) is 14.8. The zero-order chi connectivity index (χ0) is 16.6. The SMILES string of the molecule is C=C(C(CCCCCCC)c1ccc(OC)cc1)C(C)(C)N. The highest BCUT2D eigenvalue weighted by molar-refractivity contribution is 5.36. The van der Waals surface area contributed by atoms with Crippen molar-refractivity contribution in [3.8, 4) is 5.75 Å². The van der Waals surface area contributed by atoms with Crippen LogP contribution in [0.5, 0.6) is 5.75 Å². The lowest BCUT2D eigenvalue weighted by atomic mass is 9.79. The molecular weight excluding hydrogens is 270 g/mol. The van der Waals surface area contributed by atoms with E-state index in [2.05, 4.69) is 25.6 Å². The maximum absolute atomic E-state index is 6.30. The monoisotopic (exact) mass is 303 g/mol. The smallest absolute Gasteiger partial charge is 0.118 e. The third kappa shape index (κ3) is 5.84. The summed E-state index contributed by atoms with van der Waals surface area (Å²) in [5, 5.41) is 0. The molecule has 1 unspecified atom stereocenters. The van der Waals surface area contributed by atoms with Crippen molar-refractivity contribution in [2.45, 2.75) is 70.8 Å². The van der Waals surface area contributed by atoms with Gasteiger partial charge in [0.05, 0.1) is 7.11 Å². The topological polar surface area (TPSA) is 35.2 Å². The highest BCUT2D eigenvalue weighted by atomic mass is 16.5. The highest BCUT2D eigenvalue weighted by Gasteiger charge is 2.25. The summed E-state index contributed by atoms with van der Waals surface area (Å²) in [4.78, 5) is 0. The molecule has 2 heteroatoms. The van der Waals surface area contributed by atoms with Crippen molar-refractivity contribution in [2.75, 3.05) is 7.11 Å². The van der Waals surface area contributed by atoms with Crippen LogP contribution in [0.1, 0.15) is 70.8 Å². The number of nitrogens with two attached hydrogens (primary N) is 1. The fourth-order valence-corrected chi connectivity index (χ4v) is 2.78. The fraction of sp³-hybridized carbons (Fsp3) is 0.600. The van der Waals surface area contributed by atoms with E-state index in [1.807, 2.05) is 26.0 Å². The third-order valence-corrected chi connectivity index (χ3v) is 4.36. The summed E-state index contributed by atoms with van der Waals surface area (Å²) >= 11 is 0. The molecule has 2 nitrogen and oxygen atoms in total. The van der Waals surface area contributed by atoms with E-state index in [0.717, 1.165) is 17.7 Å². The van der Waals surface area contributed by atoms with E-state index in [-0.39, 0.29) is 5.54 Å². The zero-order valence-electron chi connectivity index (χ0n) is 14.8. The Morgan fingerprint density at radius 2 is 1.73 bits per heavy atom. The van der Waals surface area contributed by atoms with Gasteiger partial charge in [-0.2, -0.15) is 0 Å². The normalized spacial score (nSPS) is 13.0. The van der Waals surface area contributed by atoms with Crippen LogP contribution in [0.3, 0.4) is 0 Å². The molecule has 0 saturated carbocycles. The summed E-state index contributed by atoms with van der Waals surface area (Å²) in [6, 6.07) is 8.34. The van der Waals surface area contributed by atoms with E-state index in [1.165, 1.54) is 37.7 Å². The van der Waals surface area contributed by atoms with Crippen LogP contribution < -0.4 is 10.5 Å². The lowest BCUT2D eigenvalue weighted by molar-refractivity contribution is 0.414. The second-order valence-corrected chi connectivity index (χ2v) is 6.78. The Morgan fingerprint density at radius 3 is 2.23 bits per heavy atom. The minimum absolute atomic E-state index is 0.326. The molecule has 22 heavy (non-hydrogen) atoms. The number of rotatable bonds is 10. The number of hydrogen-bond acceptors (Lipinski definition) is 2. The predicted octanol–water partition coefficient (Wildman–Crippen LogP) is 5.43. The van der Waals surface area contributed by atoms with E-state index in [9.17, 15) is 0 Å². The molecule has 124 valence electrons. The van der Waals surface area contributed by atoms with Gasteiger partial charge in [-0.1, -0.05) is 63.3 Å². The molecule has 0 saturated heterocycles. The lowest BCUT2D eigenvalue weighted by Gasteiger charge is -2.30. The standard InChI is InChI=1S/C20H33NO/c1-6-7-8-9-10-11-19(16(2)20(3,4)21)17-12-14-18(22-5)15-13-17/h12-15,19H,2,6-11,21H2,1,3-5H3. The molecule has 0 amide bonds. The van der Waals surface area contributed by atoms with Crippen molar-refractivity contribution >= 4 is 0 Å². The summed E-state index contributed by atoms with van der Waals surface area (Å²) in [6.07, 6.45) is 7.57. The van der Waals surface area contributed by atoms with Gasteiger partial charge in [-0.05, 0) is 38.0 Å². The van der Waals surface area contributed by atoms with E-state index in [1.54, 1.807) is 7.11 Å². The molecule has 0 heterocycles. The largest absolute Gasteiger partial charge is 0.497 e. The Balaban J connectivity index is 2.79. The molecule has 0 spiro atoms. The summed E-state index contributed by atoms with van der Waals surface area (Å²) in [7, 11) is 1.70. The minimum atomic E-state index is -0.353. The van der Waals surface area contributed by atoms with Crippen molar-refractivity contribution in [2.24, 2.45) is 5.73 Å². The van der Waals surface area contributed by atoms with Gasteiger partial charge in [0, 0.05) is 11.5 Å². The Morgan fingerprint density at radius 1 is 1.14 bits per heavy atom. The summed E-state index contributed by atoms with van der Waals surface area (Å²) in [6.45, 7) is 10.6. The first-order valence-electron chi connectivity index (χ1n) is 8.52. The molecule has 0 bridgehead atoms. The Hall–Kier alpha value is -1.28. The van der Waals surface area contributed by atoms with E-state index in [4.69, 9.17) is 10.5 Å². The predicted molar refractivity (Wildman–Crippen MR) is 96.5 cm³/mol. The quantitative estimate of drug-likeness (QED) is 0.462. The first kappa shape index (κ1) is 18.8. The molecule has 0 aromatic heterocycles. The van der Waals surface area contributed by atoms with Gasteiger partial charge >= 0.3 is 0 Å². The summed E-state index contributed by atoms with van der Waals surface area (Å²) < 4.78 is 5.25. The second kappa shape index (κ2) is 8.99. The van der Waals surface area contributed by atoms with Crippen molar-refractivity contribution in [1.82, 2.24) is 0 Å². The van der Waals surface area contributed by atoms with Crippen LogP contribution in [-0.4, -0.2) is 12.6 Å². The van der Waals surface area contributed by atoms with Gasteiger partial charge < -0.3 is 10.5 Å². The molecule has 1 rings (SSSR count). The number of benzene rings is 1. The highest BCUT2D eigenvalue weighted by Crippen LogP contribution is 2.34. The van der Waals surface area contributed by atoms with Crippen LogP contribution in [0, 0.1) is 0 Å². The summed E-state index contributed by atoms with van der Waals surface area (Å²) in [5.41, 5.74) is 8.36. The maximum atomic E-state index is 6.30. The van der Waals surface area contributed by atoms with Crippen LogP contribution >= 0.6 is 0 Å². The Labute approximate surface area is 136 Å². The molecule has 0 radical (unpaired) electrons. The second-order valence-electron chi connectivity index (χ2n) is 6.78. The van der Waals surface area contributed by atoms with Gasteiger partial charge in [0.25, 0.3) is 0 Å². The molecular formula is C20H33NO. The van der Waals surface area contributed by atoms with E-state index >= 15 is 0 Å². The minimum Gasteiger partial charge on any atom is -0.497 e. The molecule has 1 atom stereocenters. The molecule has 0 aliphatic carbocycles. The van der Waals surface area contributed by atoms with Gasteiger partial charge in [0.2, 0.25) is 0 Å². The Kier molecular flexibility index (Phi) is 7.67. The van der Waals surface area contributed by atoms with Crippen molar-refractivity contribution in [3.63, 3.8) is 0 Å². The number of hydrogen-bond donors (Lipinski definition) is 1. The van der Waals surface area contributed by atoms with Crippen molar-refractivity contribution in [3.05, 3.63) is 42.0 Å². The number of methoxy groups -OCH3 is 1. The average Bonchev–Trinajstić information content (AvgIpc) is 2.49. The van der Waals surface area contributed by atoms with Crippen LogP contribution in [0.4, 0.5) is 0 Å². The first-order chi connectivity index (χ1) is 10.4. The van der Waals surface area contributed by atoms with Gasteiger partial charge in [-0.25, -0.2) is 0 Å². The first-order valence-corrected chi connectivity index (χ1v) is 8.52. The third-order valence-electron chi connectivity index (χ3n) is 4.36. The van der Waals surface area contributed by atoms with Crippen molar-refractivity contribution in [1.29, 1.82) is 0 Å². The lowest BCUT2D eigenvalue weighted by Crippen LogP contribution is -2.36. The van der Waals surface area contributed by atoms with E-state index in [0.29, 0.717) is 5.92 Å². The van der Waals surface area contributed by atoms with Gasteiger partial charge in [-0.3, -0.25) is 0 Å². The molecule has 1 aromatic carbocycles. The van der Waals surface area contributed by atoms with Crippen LogP contribution in [0.15, 0.2) is 36.4 Å². The van der Waals surface area contributed by atoms with Crippen molar-refractivity contribution < 1.29 is 4.74 Å². The summed E-state index contributed by atoms with van der Waals surface area (Å²) in [5.74, 6) is 1.22. The van der Waals surface area contributed by atoms with Gasteiger partial charge in [0.15, 0.2) is 0 Å². The van der Waals surface area contributed by atoms with Gasteiger partial charge in [-0.15, -0.1) is 0 Å². The Bertz CT molecular complexity index is 442. The average molecular weight is 303 g/mol. The number of unbranched alkanes of at least 4 members (excludes halogenated alkanes) is 4. The van der Waals surface area contributed by atoms with Crippen LogP contribution in [-0.2, 0) is 0 Å². The maximum Gasteiger partial charge on any atom is 0.118 e. The van der Waals surface area contributed by atoms with Crippen LogP contribution in [0.25, 0.3) is 0 Å². The van der Waals surface area contributed by atoms with Crippen LogP contribution in [0.2, 0.25) is 0 Å². The van der Waals surface area contributed by atoms with Gasteiger partial charge in [0.1, 0.15) is 5.75 Å². The molecule has 0 aliphatic rings. The molecule has 0 fully saturated rings. The molecule has 2 N–H and O–H groups in total. The molecule has 1 aromatic rings.